The summed E-state index contributed by atoms with van der Waals surface area (Å²) in [7, 11) is -4.18. The molecular formula is C19H13F2IN2O3S2. The third kappa shape index (κ3) is 4.75. The first-order valence-corrected chi connectivity index (χ1v) is 11.4. The van der Waals surface area contributed by atoms with Gasteiger partial charge in [-0.1, -0.05) is 18.2 Å². The fourth-order valence-corrected chi connectivity index (χ4v) is 5.10. The average Bonchev–Trinajstić information content (AvgIpc) is 2.94. The van der Waals surface area contributed by atoms with Crippen LogP contribution in [-0.4, -0.2) is 30.9 Å². The van der Waals surface area contributed by atoms with Crippen LogP contribution < -0.4 is 0 Å². The molecule has 29 heavy (non-hydrogen) atoms. The Morgan fingerprint density at radius 1 is 1.17 bits per heavy atom. The predicted octanol–water partition coefficient (Wildman–Crippen LogP) is 4.42. The van der Waals surface area contributed by atoms with Gasteiger partial charge in [-0.25, -0.2) is 8.78 Å². The second kappa shape index (κ2) is 8.76. The van der Waals surface area contributed by atoms with Gasteiger partial charge in [0.1, 0.15) is 11.6 Å². The first kappa shape index (κ1) is 21.7. The van der Waals surface area contributed by atoms with Gasteiger partial charge in [-0.15, -0.1) is 11.0 Å². The Bertz CT molecular complexity index is 1150. The largest absolute Gasteiger partial charge is 0.284 e. The van der Waals surface area contributed by atoms with E-state index >= 15 is 0 Å². The summed E-state index contributed by atoms with van der Waals surface area (Å²) in [4.78, 5) is 13.8. The summed E-state index contributed by atoms with van der Waals surface area (Å²) in [5, 5.41) is -0.0866. The van der Waals surface area contributed by atoms with Crippen molar-refractivity contribution >= 4 is 61.5 Å². The van der Waals surface area contributed by atoms with Crippen molar-refractivity contribution in [3.05, 3.63) is 80.8 Å². The van der Waals surface area contributed by atoms with Crippen LogP contribution >= 0.6 is 34.4 Å². The van der Waals surface area contributed by atoms with E-state index in [1.54, 1.807) is 12.1 Å². The maximum absolute atomic E-state index is 14.3. The van der Waals surface area contributed by atoms with Crippen molar-refractivity contribution in [3.8, 4) is 0 Å². The fourth-order valence-electron chi connectivity index (χ4n) is 2.40. The summed E-state index contributed by atoms with van der Waals surface area (Å²) < 4.78 is 56.6. The molecule has 1 saturated heterocycles. The van der Waals surface area contributed by atoms with Crippen LogP contribution in [0.4, 0.5) is 8.78 Å². The molecule has 1 aliphatic rings. The molecule has 1 aliphatic heterocycles. The smallest absolute Gasteiger partial charge is 0.282 e. The highest BCUT2D eigenvalue weighted by Crippen LogP contribution is 2.34. The van der Waals surface area contributed by atoms with Gasteiger partial charge in [-0.3, -0.25) is 9.69 Å². The highest BCUT2D eigenvalue weighted by atomic mass is 127. The van der Waals surface area contributed by atoms with Crippen LogP contribution in [0.3, 0.4) is 0 Å². The highest BCUT2D eigenvalue weighted by Gasteiger charge is 2.34. The lowest BCUT2D eigenvalue weighted by Crippen LogP contribution is -2.29. The predicted molar refractivity (Wildman–Crippen MR) is 118 cm³/mol. The lowest BCUT2D eigenvalue weighted by atomic mass is 10.2. The quantitative estimate of drug-likeness (QED) is 0.317. The third-order valence-corrected chi connectivity index (χ3v) is 7.01. The molecule has 150 valence electrons. The van der Waals surface area contributed by atoms with E-state index in [1.165, 1.54) is 18.2 Å². The number of halogens is 3. The minimum atomic E-state index is -4.18. The van der Waals surface area contributed by atoms with Gasteiger partial charge in [0, 0.05) is 15.7 Å². The van der Waals surface area contributed by atoms with Gasteiger partial charge in [-0.05, 0) is 70.8 Å². The number of rotatable bonds is 5. The third-order valence-electron chi connectivity index (χ3n) is 3.78. The van der Waals surface area contributed by atoms with Crippen molar-refractivity contribution in [2.24, 2.45) is 4.40 Å². The molecule has 0 aromatic heterocycles. The van der Waals surface area contributed by atoms with Crippen LogP contribution in [0.5, 0.6) is 0 Å². The molecular weight excluding hydrogens is 533 g/mol. The standard InChI is InChI=1S/C19H13F2IN2O3S2/c1-2-10-24-18(25)16(11-12-4-3-5-15(22)17(12)21)28-19(24)23-29(26,27)14-8-6-13(20)7-9-14/h2-9,11H,1,10H2/b16-11-,23-19+. The maximum atomic E-state index is 14.3. The highest BCUT2D eigenvalue weighted by molar-refractivity contribution is 14.1. The van der Waals surface area contributed by atoms with E-state index in [4.69, 9.17) is 0 Å². The molecule has 1 heterocycles. The van der Waals surface area contributed by atoms with Crippen molar-refractivity contribution in [2.75, 3.05) is 6.54 Å². The van der Waals surface area contributed by atoms with E-state index in [0.29, 0.717) is 3.57 Å². The summed E-state index contributed by atoms with van der Waals surface area (Å²) in [6.07, 6.45) is 2.78. The first-order valence-electron chi connectivity index (χ1n) is 8.10. The van der Waals surface area contributed by atoms with Gasteiger partial charge in [0.2, 0.25) is 0 Å². The number of hydrogen-bond donors (Lipinski definition) is 0. The number of benzene rings is 2. The minimum Gasteiger partial charge on any atom is -0.282 e. The molecule has 0 N–H and O–H groups in total. The van der Waals surface area contributed by atoms with Gasteiger partial charge in [0.15, 0.2) is 5.17 Å². The lowest BCUT2D eigenvalue weighted by molar-refractivity contribution is -0.121. The number of nitrogens with zero attached hydrogens (tertiary/aromatic N) is 2. The van der Waals surface area contributed by atoms with Gasteiger partial charge in [-0.2, -0.15) is 8.42 Å². The maximum Gasteiger partial charge on any atom is 0.284 e. The van der Waals surface area contributed by atoms with Gasteiger partial charge in [0.05, 0.1) is 9.80 Å². The van der Waals surface area contributed by atoms with Gasteiger partial charge >= 0.3 is 0 Å². The number of amidine groups is 1. The van der Waals surface area contributed by atoms with E-state index in [9.17, 15) is 22.0 Å². The first-order chi connectivity index (χ1) is 13.7. The second-order valence-electron chi connectivity index (χ2n) is 5.76. The normalized spacial score (nSPS) is 17.3. The number of sulfonamides is 1. The van der Waals surface area contributed by atoms with E-state index in [2.05, 4.69) is 11.0 Å². The Hall–Kier alpha value is -2.05. The molecule has 0 bridgehead atoms. The average molecular weight is 546 g/mol. The molecule has 0 radical (unpaired) electrons. The number of amides is 1. The van der Waals surface area contributed by atoms with Crippen molar-refractivity contribution in [1.82, 2.24) is 4.90 Å². The van der Waals surface area contributed by atoms with Crippen molar-refractivity contribution in [1.29, 1.82) is 0 Å². The Kier molecular flexibility index (Phi) is 6.54. The van der Waals surface area contributed by atoms with Crippen LogP contribution in [0.15, 0.2) is 69.3 Å². The Morgan fingerprint density at radius 2 is 1.86 bits per heavy atom. The molecule has 10 heteroatoms. The van der Waals surface area contributed by atoms with Crippen LogP contribution in [0.2, 0.25) is 0 Å². The Balaban J connectivity index is 2.02. The minimum absolute atomic E-state index is 0.0236. The zero-order valence-electron chi connectivity index (χ0n) is 14.7. The molecule has 2 aromatic carbocycles. The van der Waals surface area contributed by atoms with E-state index in [1.807, 2.05) is 22.6 Å². The van der Waals surface area contributed by atoms with Crippen molar-refractivity contribution < 1.29 is 22.0 Å². The van der Waals surface area contributed by atoms with Crippen LogP contribution in [0, 0.1) is 15.2 Å². The number of carbonyl (C=O) groups excluding carboxylic acids is 1. The van der Waals surface area contributed by atoms with E-state index < -0.39 is 27.6 Å². The molecule has 0 unspecified atom stereocenters. The monoisotopic (exact) mass is 546 g/mol. The molecule has 0 atom stereocenters. The molecule has 0 aliphatic carbocycles. The van der Waals surface area contributed by atoms with E-state index in [0.717, 1.165) is 40.9 Å². The molecule has 0 spiro atoms. The van der Waals surface area contributed by atoms with Crippen LogP contribution in [0.25, 0.3) is 6.08 Å². The zero-order valence-corrected chi connectivity index (χ0v) is 18.5. The van der Waals surface area contributed by atoms with Crippen LogP contribution in [0.1, 0.15) is 5.56 Å². The Morgan fingerprint density at radius 3 is 2.52 bits per heavy atom. The zero-order chi connectivity index (χ0) is 21.2. The topological polar surface area (TPSA) is 66.8 Å². The van der Waals surface area contributed by atoms with Gasteiger partial charge in [0.25, 0.3) is 15.9 Å². The van der Waals surface area contributed by atoms with Gasteiger partial charge < -0.3 is 0 Å². The molecule has 1 amide bonds. The second-order valence-corrected chi connectivity index (χ2v) is 9.54. The molecule has 5 nitrogen and oxygen atoms in total. The molecule has 1 fully saturated rings. The lowest BCUT2D eigenvalue weighted by Gasteiger charge is -2.12. The summed E-state index contributed by atoms with van der Waals surface area (Å²) in [6, 6.07) is 8.95. The van der Waals surface area contributed by atoms with Crippen molar-refractivity contribution in [3.63, 3.8) is 0 Å². The summed E-state index contributed by atoms with van der Waals surface area (Å²) in [5.41, 5.74) is 0.203. The summed E-state index contributed by atoms with van der Waals surface area (Å²) in [6.45, 7) is 3.59. The molecule has 2 aromatic rings. The summed E-state index contributed by atoms with van der Waals surface area (Å²) >= 11 is 2.66. The SMILES string of the molecule is C=CCN1C(=O)/C(=C/c2cccc(I)c2F)S/C1=N/S(=O)(=O)c1ccc(F)cc1. The number of hydrogen-bond acceptors (Lipinski definition) is 4. The van der Waals surface area contributed by atoms with E-state index in [-0.39, 0.29) is 27.1 Å². The molecule has 3 rings (SSSR count). The number of thioether (sulfide) groups is 1. The fraction of sp³-hybridized carbons (Fsp3) is 0.0526. The van der Waals surface area contributed by atoms with Crippen molar-refractivity contribution in [2.45, 2.75) is 4.90 Å². The number of carbonyl (C=O) groups is 1. The van der Waals surface area contributed by atoms with Crippen LogP contribution in [-0.2, 0) is 14.8 Å². The summed E-state index contributed by atoms with van der Waals surface area (Å²) in [5.74, 6) is -1.57. The molecule has 0 saturated carbocycles. The Labute approximate surface area is 184 Å².